The van der Waals surface area contributed by atoms with Crippen molar-refractivity contribution in [1.29, 1.82) is 5.26 Å². The molecule has 2 rings (SSSR count). The lowest BCUT2D eigenvalue weighted by Gasteiger charge is -2.14. The maximum absolute atomic E-state index is 12.3. The molecule has 0 saturated heterocycles. The van der Waals surface area contributed by atoms with Crippen LogP contribution in [0.3, 0.4) is 0 Å². The van der Waals surface area contributed by atoms with E-state index in [2.05, 4.69) is 6.07 Å². The molecule has 2 aromatic rings. The molecule has 4 nitrogen and oxygen atoms in total. The van der Waals surface area contributed by atoms with Crippen molar-refractivity contribution in [2.75, 3.05) is 7.11 Å². The fraction of sp³-hybridized carbons (Fsp3) is 0.200. The number of ether oxygens (including phenoxy) is 1. The second-order valence-electron chi connectivity index (χ2n) is 4.18. The van der Waals surface area contributed by atoms with Gasteiger partial charge in [0.05, 0.1) is 13.2 Å². The Balaban J connectivity index is 2.26. The summed E-state index contributed by atoms with van der Waals surface area (Å²) in [6, 6.07) is 12.1. The molecule has 0 fully saturated rings. The van der Waals surface area contributed by atoms with Crippen LogP contribution in [0.2, 0.25) is 0 Å². The van der Waals surface area contributed by atoms with Gasteiger partial charge in [-0.3, -0.25) is 4.79 Å². The first-order valence-electron chi connectivity index (χ1n) is 5.92. The molecule has 0 aliphatic heterocycles. The average molecular weight is 254 g/mol. The number of aromatic nitrogens is 1. The van der Waals surface area contributed by atoms with Gasteiger partial charge in [0.1, 0.15) is 17.5 Å². The van der Waals surface area contributed by atoms with Crippen LogP contribution in [0.5, 0.6) is 5.75 Å². The SMILES string of the molecule is COc1ccc(C(=O)C(C)n2cccc2C#N)cc1. The van der Waals surface area contributed by atoms with E-state index in [1.54, 1.807) is 61.2 Å². The average Bonchev–Trinajstić information content (AvgIpc) is 2.94. The Bertz CT molecular complexity index is 620. The van der Waals surface area contributed by atoms with Gasteiger partial charge >= 0.3 is 0 Å². The number of carbonyl (C=O) groups is 1. The molecule has 96 valence electrons. The molecule has 1 heterocycles. The molecule has 0 N–H and O–H groups in total. The number of nitriles is 1. The molecule has 0 aliphatic carbocycles. The van der Waals surface area contributed by atoms with Crippen molar-refractivity contribution < 1.29 is 9.53 Å². The number of Topliss-reactive ketones (excluding diaryl/α,β-unsaturated/α-hetero) is 1. The minimum Gasteiger partial charge on any atom is -0.497 e. The monoisotopic (exact) mass is 254 g/mol. The molecule has 1 aromatic carbocycles. The lowest BCUT2D eigenvalue weighted by atomic mass is 10.1. The third-order valence-corrected chi connectivity index (χ3v) is 3.06. The predicted octanol–water partition coefficient (Wildman–Crippen LogP) is 2.81. The Kier molecular flexibility index (Phi) is 3.67. The molecular weight excluding hydrogens is 240 g/mol. The van der Waals surface area contributed by atoms with Crippen molar-refractivity contribution in [1.82, 2.24) is 4.57 Å². The third kappa shape index (κ3) is 2.50. The Morgan fingerprint density at radius 1 is 1.32 bits per heavy atom. The minimum atomic E-state index is -0.405. The number of rotatable bonds is 4. The summed E-state index contributed by atoms with van der Waals surface area (Å²) < 4.78 is 6.73. The van der Waals surface area contributed by atoms with Gasteiger partial charge in [0, 0.05) is 11.8 Å². The molecule has 0 aliphatic rings. The first-order valence-corrected chi connectivity index (χ1v) is 5.92. The summed E-state index contributed by atoms with van der Waals surface area (Å²) in [7, 11) is 1.58. The smallest absolute Gasteiger partial charge is 0.185 e. The van der Waals surface area contributed by atoms with Crippen molar-refractivity contribution >= 4 is 5.78 Å². The minimum absolute atomic E-state index is 0.0321. The van der Waals surface area contributed by atoms with E-state index in [0.717, 1.165) is 0 Å². The Morgan fingerprint density at radius 2 is 2.00 bits per heavy atom. The van der Waals surface area contributed by atoms with Gasteiger partial charge in [-0.2, -0.15) is 5.26 Å². The van der Waals surface area contributed by atoms with Crippen LogP contribution in [0, 0.1) is 11.3 Å². The zero-order chi connectivity index (χ0) is 13.8. The van der Waals surface area contributed by atoms with E-state index in [0.29, 0.717) is 17.0 Å². The quantitative estimate of drug-likeness (QED) is 0.788. The maximum Gasteiger partial charge on any atom is 0.185 e. The Hall–Kier alpha value is -2.54. The van der Waals surface area contributed by atoms with Crippen LogP contribution in [0.15, 0.2) is 42.6 Å². The molecule has 1 atom stereocenters. The molecule has 0 bridgehead atoms. The van der Waals surface area contributed by atoms with Gasteiger partial charge in [-0.1, -0.05) is 0 Å². The van der Waals surface area contributed by atoms with Crippen LogP contribution in [-0.2, 0) is 0 Å². The largest absolute Gasteiger partial charge is 0.497 e. The van der Waals surface area contributed by atoms with Gasteiger partial charge in [-0.25, -0.2) is 0 Å². The molecular formula is C15H14N2O2. The Morgan fingerprint density at radius 3 is 2.58 bits per heavy atom. The first kappa shape index (κ1) is 12.9. The molecule has 4 heteroatoms. The van der Waals surface area contributed by atoms with Gasteiger partial charge in [-0.15, -0.1) is 0 Å². The highest BCUT2D eigenvalue weighted by Gasteiger charge is 2.18. The fourth-order valence-corrected chi connectivity index (χ4v) is 1.95. The van der Waals surface area contributed by atoms with E-state index >= 15 is 0 Å². The molecule has 0 spiro atoms. The summed E-state index contributed by atoms with van der Waals surface area (Å²) in [6.07, 6.45) is 1.74. The zero-order valence-electron chi connectivity index (χ0n) is 10.8. The number of hydrogen-bond acceptors (Lipinski definition) is 3. The van der Waals surface area contributed by atoms with Crippen LogP contribution in [0.25, 0.3) is 0 Å². The summed E-state index contributed by atoms with van der Waals surface area (Å²) in [5, 5.41) is 8.98. The number of hydrogen-bond donors (Lipinski definition) is 0. The van der Waals surface area contributed by atoms with Gasteiger partial charge < -0.3 is 9.30 Å². The van der Waals surface area contributed by atoms with Gasteiger partial charge in [0.15, 0.2) is 5.78 Å². The molecule has 19 heavy (non-hydrogen) atoms. The van der Waals surface area contributed by atoms with Crippen LogP contribution in [0.1, 0.15) is 29.0 Å². The van der Waals surface area contributed by atoms with Crippen molar-refractivity contribution in [2.45, 2.75) is 13.0 Å². The lowest BCUT2D eigenvalue weighted by Crippen LogP contribution is -2.17. The molecule has 0 saturated carbocycles. The van der Waals surface area contributed by atoms with E-state index < -0.39 is 6.04 Å². The number of carbonyl (C=O) groups excluding carboxylic acids is 1. The van der Waals surface area contributed by atoms with Crippen molar-refractivity contribution in [3.8, 4) is 11.8 Å². The van der Waals surface area contributed by atoms with Crippen LogP contribution in [0.4, 0.5) is 0 Å². The van der Waals surface area contributed by atoms with E-state index in [-0.39, 0.29) is 5.78 Å². The summed E-state index contributed by atoms with van der Waals surface area (Å²) in [5.74, 6) is 0.679. The second-order valence-corrected chi connectivity index (χ2v) is 4.18. The third-order valence-electron chi connectivity index (χ3n) is 3.06. The van der Waals surface area contributed by atoms with Crippen LogP contribution >= 0.6 is 0 Å². The normalized spacial score (nSPS) is 11.6. The zero-order valence-corrected chi connectivity index (χ0v) is 10.8. The summed E-state index contributed by atoms with van der Waals surface area (Å²) >= 11 is 0. The summed E-state index contributed by atoms with van der Waals surface area (Å²) in [5.41, 5.74) is 1.08. The van der Waals surface area contributed by atoms with E-state index in [1.807, 2.05) is 0 Å². The fourth-order valence-electron chi connectivity index (χ4n) is 1.95. The van der Waals surface area contributed by atoms with Crippen molar-refractivity contribution in [3.05, 3.63) is 53.9 Å². The number of ketones is 1. The standard InChI is InChI=1S/C15H14N2O2/c1-11(17-9-3-4-13(17)10-16)15(18)12-5-7-14(19-2)8-6-12/h3-9,11H,1-2H3. The van der Waals surface area contributed by atoms with Gasteiger partial charge in [-0.05, 0) is 43.3 Å². The van der Waals surface area contributed by atoms with Gasteiger partial charge in [0.2, 0.25) is 0 Å². The van der Waals surface area contributed by atoms with E-state index in [1.165, 1.54) is 0 Å². The Labute approximate surface area is 111 Å². The molecule has 0 radical (unpaired) electrons. The lowest BCUT2D eigenvalue weighted by molar-refractivity contribution is 0.0934. The van der Waals surface area contributed by atoms with Crippen LogP contribution < -0.4 is 4.74 Å². The second kappa shape index (κ2) is 5.40. The predicted molar refractivity (Wildman–Crippen MR) is 71.2 cm³/mol. The first-order chi connectivity index (χ1) is 9.17. The molecule has 1 aromatic heterocycles. The van der Waals surface area contributed by atoms with Gasteiger partial charge in [0.25, 0.3) is 0 Å². The summed E-state index contributed by atoms with van der Waals surface area (Å²) in [6.45, 7) is 1.79. The summed E-state index contributed by atoms with van der Waals surface area (Å²) in [4.78, 5) is 12.3. The number of nitrogens with zero attached hydrogens (tertiary/aromatic N) is 2. The highest BCUT2D eigenvalue weighted by Crippen LogP contribution is 2.19. The highest BCUT2D eigenvalue weighted by molar-refractivity contribution is 5.99. The maximum atomic E-state index is 12.3. The van der Waals surface area contributed by atoms with Crippen molar-refractivity contribution in [3.63, 3.8) is 0 Å². The number of methoxy groups -OCH3 is 1. The topological polar surface area (TPSA) is 55.0 Å². The van der Waals surface area contributed by atoms with E-state index in [9.17, 15) is 4.79 Å². The highest BCUT2D eigenvalue weighted by atomic mass is 16.5. The number of benzene rings is 1. The molecule has 0 amide bonds. The van der Waals surface area contributed by atoms with Crippen LogP contribution in [-0.4, -0.2) is 17.5 Å². The van der Waals surface area contributed by atoms with E-state index in [4.69, 9.17) is 10.00 Å². The van der Waals surface area contributed by atoms with Crippen molar-refractivity contribution in [2.24, 2.45) is 0 Å². The molecule has 1 unspecified atom stereocenters.